The van der Waals surface area contributed by atoms with Crippen molar-refractivity contribution < 1.29 is 18.3 Å². The quantitative estimate of drug-likeness (QED) is 0.478. The summed E-state index contributed by atoms with van der Waals surface area (Å²) in [4.78, 5) is 0. The number of halogens is 2. The van der Waals surface area contributed by atoms with Gasteiger partial charge in [0.1, 0.15) is 0 Å². The molecule has 3 rings (SSSR count). The van der Waals surface area contributed by atoms with E-state index in [-0.39, 0.29) is 11.5 Å². The summed E-state index contributed by atoms with van der Waals surface area (Å²) >= 11 is 0. The average Bonchev–Trinajstić information content (AvgIpc) is 2.69. The fraction of sp³-hybridized carbons (Fsp3) is 0.652. The lowest BCUT2D eigenvalue weighted by Gasteiger charge is -2.42. The van der Waals surface area contributed by atoms with Crippen LogP contribution < -0.4 is 9.47 Å². The molecule has 1 aromatic carbocycles. The van der Waals surface area contributed by atoms with E-state index in [4.69, 9.17) is 9.47 Å². The molecular formula is C23H32F2O2. The van der Waals surface area contributed by atoms with Crippen molar-refractivity contribution in [2.75, 3.05) is 13.2 Å². The van der Waals surface area contributed by atoms with Crippen LogP contribution in [0.4, 0.5) is 8.78 Å². The molecule has 0 heterocycles. The zero-order chi connectivity index (χ0) is 19.2. The largest absolute Gasteiger partial charge is 0.491 e. The maximum Gasteiger partial charge on any atom is 0.204 e. The molecular weight excluding hydrogens is 346 g/mol. The van der Waals surface area contributed by atoms with Gasteiger partial charge in [0.15, 0.2) is 11.5 Å². The molecule has 4 heteroatoms. The van der Waals surface area contributed by atoms with Gasteiger partial charge < -0.3 is 9.47 Å². The number of hydrogen-bond donors (Lipinski definition) is 0. The van der Waals surface area contributed by atoms with Crippen molar-refractivity contribution in [2.24, 2.45) is 23.7 Å². The van der Waals surface area contributed by atoms with Crippen molar-refractivity contribution in [1.29, 1.82) is 0 Å². The molecule has 2 nitrogen and oxygen atoms in total. The average molecular weight is 379 g/mol. The van der Waals surface area contributed by atoms with Crippen LogP contribution in [0.1, 0.15) is 58.3 Å². The predicted molar refractivity (Wildman–Crippen MR) is 104 cm³/mol. The predicted octanol–water partition coefficient (Wildman–Crippen LogP) is 6.54. The van der Waals surface area contributed by atoms with Crippen LogP contribution in [0.25, 0.3) is 0 Å². The van der Waals surface area contributed by atoms with Gasteiger partial charge in [-0.05, 0) is 87.7 Å². The van der Waals surface area contributed by atoms with E-state index >= 15 is 0 Å². The van der Waals surface area contributed by atoms with E-state index in [9.17, 15) is 8.78 Å². The smallest absolute Gasteiger partial charge is 0.204 e. The summed E-state index contributed by atoms with van der Waals surface area (Å²) in [6.07, 6.45) is 11.9. The first-order chi connectivity index (χ1) is 13.1. The molecule has 0 aromatic heterocycles. The first kappa shape index (κ1) is 20.2. The molecule has 27 heavy (non-hydrogen) atoms. The van der Waals surface area contributed by atoms with Crippen molar-refractivity contribution in [3.63, 3.8) is 0 Å². The van der Waals surface area contributed by atoms with Gasteiger partial charge in [-0.3, -0.25) is 0 Å². The summed E-state index contributed by atoms with van der Waals surface area (Å²) in [5.41, 5.74) is 0. The molecule has 1 aromatic rings. The number of hydrogen-bond acceptors (Lipinski definition) is 2. The second-order valence-electron chi connectivity index (χ2n) is 8.18. The highest BCUT2D eigenvalue weighted by atomic mass is 19.2. The van der Waals surface area contributed by atoms with E-state index in [0.29, 0.717) is 19.1 Å². The van der Waals surface area contributed by atoms with E-state index in [0.717, 1.165) is 37.0 Å². The number of rotatable bonds is 8. The third-order valence-electron chi connectivity index (χ3n) is 6.40. The van der Waals surface area contributed by atoms with Gasteiger partial charge >= 0.3 is 0 Å². The SMILES string of the molecule is C=CCCC1CCC2CC(COc3ccc(OCC)c(F)c3F)CCC2C1. The van der Waals surface area contributed by atoms with Crippen LogP contribution in [-0.2, 0) is 0 Å². The molecule has 2 fully saturated rings. The molecule has 2 aliphatic carbocycles. The topological polar surface area (TPSA) is 18.5 Å². The molecule has 0 bridgehead atoms. The van der Waals surface area contributed by atoms with E-state index in [1.54, 1.807) is 6.92 Å². The Labute approximate surface area is 161 Å². The lowest BCUT2D eigenvalue weighted by atomic mass is 9.64. The van der Waals surface area contributed by atoms with Crippen molar-refractivity contribution in [2.45, 2.75) is 58.3 Å². The third kappa shape index (κ3) is 5.03. The van der Waals surface area contributed by atoms with Crippen LogP contribution in [0.2, 0.25) is 0 Å². The second kappa shape index (κ2) is 9.57. The normalized spacial score (nSPS) is 27.7. The molecule has 0 saturated heterocycles. The van der Waals surface area contributed by atoms with Gasteiger partial charge in [0, 0.05) is 0 Å². The highest BCUT2D eigenvalue weighted by molar-refractivity contribution is 5.35. The van der Waals surface area contributed by atoms with Gasteiger partial charge in [0.25, 0.3) is 0 Å². The van der Waals surface area contributed by atoms with Crippen molar-refractivity contribution in [1.82, 2.24) is 0 Å². The molecule has 0 amide bonds. The molecule has 0 aliphatic heterocycles. The molecule has 4 atom stereocenters. The van der Waals surface area contributed by atoms with Crippen LogP contribution in [0.3, 0.4) is 0 Å². The van der Waals surface area contributed by atoms with Gasteiger partial charge in [-0.15, -0.1) is 6.58 Å². The fourth-order valence-electron chi connectivity index (χ4n) is 4.95. The summed E-state index contributed by atoms with van der Waals surface area (Å²) in [6, 6.07) is 2.92. The minimum absolute atomic E-state index is 0.00814. The summed E-state index contributed by atoms with van der Waals surface area (Å²) in [5, 5.41) is 0. The van der Waals surface area contributed by atoms with Crippen LogP contribution in [-0.4, -0.2) is 13.2 Å². The third-order valence-corrected chi connectivity index (χ3v) is 6.40. The highest BCUT2D eigenvalue weighted by Crippen LogP contribution is 2.45. The summed E-state index contributed by atoms with van der Waals surface area (Å²) in [6.45, 7) is 6.34. The summed E-state index contributed by atoms with van der Waals surface area (Å²) in [7, 11) is 0. The van der Waals surface area contributed by atoms with E-state index < -0.39 is 11.6 Å². The van der Waals surface area contributed by atoms with Gasteiger partial charge in [-0.25, -0.2) is 0 Å². The molecule has 150 valence electrons. The Kier molecular flexibility index (Phi) is 7.14. The maximum absolute atomic E-state index is 14.2. The first-order valence-corrected chi connectivity index (χ1v) is 10.5. The minimum Gasteiger partial charge on any atom is -0.491 e. The Morgan fingerprint density at radius 3 is 2.19 bits per heavy atom. The standard InChI is InChI=1S/C23H32F2O2/c1-3-5-6-16-7-9-19-14-17(8-10-18(19)13-16)15-27-21-12-11-20(26-4-2)22(24)23(21)25/h3,11-12,16-19H,1,4-10,13-15H2,2H3. The van der Waals surface area contributed by atoms with Crippen molar-refractivity contribution in [3.8, 4) is 11.5 Å². The Bertz CT molecular complexity index is 631. The summed E-state index contributed by atoms with van der Waals surface area (Å²) in [5.74, 6) is 0.928. The lowest BCUT2D eigenvalue weighted by Crippen LogP contribution is -2.33. The van der Waals surface area contributed by atoms with E-state index in [2.05, 4.69) is 6.58 Å². The molecule has 0 N–H and O–H groups in total. The number of benzene rings is 1. The zero-order valence-electron chi connectivity index (χ0n) is 16.4. The Morgan fingerprint density at radius 2 is 1.56 bits per heavy atom. The highest BCUT2D eigenvalue weighted by Gasteiger charge is 2.35. The molecule has 2 saturated carbocycles. The van der Waals surface area contributed by atoms with E-state index in [1.165, 1.54) is 44.2 Å². The van der Waals surface area contributed by atoms with Crippen LogP contribution in [0.15, 0.2) is 24.8 Å². The molecule has 2 aliphatic rings. The molecule has 4 unspecified atom stereocenters. The Hall–Kier alpha value is -1.58. The fourth-order valence-corrected chi connectivity index (χ4v) is 4.95. The Morgan fingerprint density at radius 1 is 0.963 bits per heavy atom. The minimum atomic E-state index is -0.962. The van der Waals surface area contributed by atoms with E-state index in [1.807, 2.05) is 6.08 Å². The first-order valence-electron chi connectivity index (χ1n) is 10.5. The summed E-state index contributed by atoms with van der Waals surface area (Å²) < 4.78 is 38.9. The molecule has 0 spiro atoms. The van der Waals surface area contributed by atoms with Crippen LogP contribution >= 0.6 is 0 Å². The lowest BCUT2D eigenvalue weighted by molar-refractivity contribution is 0.0743. The zero-order valence-corrected chi connectivity index (χ0v) is 16.4. The monoisotopic (exact) mass is 378 g/mol. The maximum atomic E-state index is 14.2. The second-order valence-corrected chi connectivity index (χ2v) is 8.18. The van der Waals surface area contributed by atoms with Gasteiger partial charge in [0.2, 0.25) is 11.6 Å². The van der Waals surface area contributed by atoms with Crippen LogP contribution in [0, 0.1) is 35.3 Å². The van der Waals surface area contributed by atoms with Gasteiger partial charge in [0.05, 0.1) is 13.2 Å². The van der Waals surface area contributed by atoms with Gasteiger partial charge in [-0.1, -0.05) is 12.5 Å². The van der Waals surface area contributed by atoms with Crippen molar-refractivity contribution >= 4 is 0 Å². The number of fused-ring (bicyclic) bond motifs is 1. The molecule has 0 radical (unpaired) electrons. The number of allylic oxidation sites excluding steroid dienone is 1. The van der Waals surface area contributed by atoms with Crippen molar-refractivity contribution in [3.05, 3.63) is 36.4 Å². The Balaban J connectivity index is 1.50. The number of ether oxygens (including phenoxy) is 2. The van der Waals surface area contributed by atoms with Crippen LogP contribution in [0.5, 0.6) is 11.5 Å². The van der Waals surface area contributed by atoms with Gasteiger partial charge in [-0.2, -0.15) is 8.78 Å².